The second kappa shape index (κ2) is 8.16. The summed E-state index contributed by atoms with van der Waals surface area (Å²) in [5.41, 5.74) is 1.29. The number of halogens is 1. The Bertz CT molecular complexity index is 503. The second-order valence-corrected chi connectivity index (χ2v) is 7.41. The number of amides is 1. The Morgan fingerprint density at radius 3 is 2.35 bits per heavy atom. The average Bonchev–Trinajstić information content (AvgIpc) is 3.09. The Hall–Kier alpha value is -1.06. The summed E-state index contributed by atoms with van der Waals surface area (Å²) in [5, 5.41) is 0.784. The fraction of sp³-hybridized carbons (Fsp3) is 0.632. The van der Waals surface area contributed by atoms with Gasteiger partial charge in [-0.1, -0.05) is 49.4 Å². The van der Waals surface area contributed by atoms with Gasteiger partial charge in [0.15, 0.2) is 0 Å². The number of benzene rings is 1. The van der Waals surface area contributed by atoms with Crippen molar-refractivity contribution in [2.24, 2.45) is 5.92 Å². The fourth-order valence-electron chi connectivity index (χ4n) is 3.79. The molecular weight excluding hydrogens is 308 g/mol. The molecule has 0 unspecified atom stereocenters. The maximum absolute atomic E-state index is 12.4. The molecule has 1 heterocycles. The molecule has 0 atom stereocenters. The minimum absolute atomic E-state index is 0.364. The van der Waals surface area contributed by atoms with Gasteiger partial charge in [-0.05, 0) is 30.0 Å². The molecule has 23 heavy (non-hydrogen) atoms. The summed E-state index contributed by atoms with van der Waals surface area (Å²) in [4.78, 5) is 16.8. The fourth-order valence-corrected chi connectivity index (χ4v) is 3.91. The zero-order valence-electron chi connectivity index (χ0n) is 13.8. The summed E-state index contributed by atoms with van der Waals surface area (Å²) < 4.78 is 0. The predicted octanol–water partition coefficient (Wildman–Crippen LogP) is 3.95. The smallest absolute Gasteiger partial charge is 0.222 e. The van der Waals surface area contributed by atoms with Crippen LogP contribution in [0.1, 0.15) is 44.1 Å². The van der Waals surface area contributed by atoms with Crippen molar-refractivity contribution in [1.82, 2.24) is 9.80 Å². The molecule has 126 valence electrons. The lowest BCUT2D eigenvalue weighted by Crippen LogP contribution is -2.48. The number of hydrogen-bond acceptors (Lipinski definition) is 2. The zero-order valence-corrected chi connectivity index (χ0v) is 14.6. The SMILES string of the molecule is O=C(CCC1CCCC1)N1CCN(Cc2ccc(Cl)cc2)CC1. The van der Waals surface area contributed by atoms with E-state index in [1.807, 2.05) is 12.1 Å². The topological polar surface area (TPSA) is 23.6 Å². The van der Waals surface area contributed by atoms with E-state index in [0.717, 1.165) is 56.5 Å². The lowest BCUT2D eigenvalue weighted by atomic mass is 10.0. The van der Waals surface area contributed by atoms with Crippen molar-refractivity contribution < 1.29 is 4.79 Å². The van der Waals surface area contributed by atoms with Crippen molar-refractivity contribution in [2.45, 2.75) is 45.1 Å². The molecule has 4 heteroatoms. The second-order valence-electron chi connectivity index (χ2n) is 6.97. The first-order chi connectivity index (χ1) is 11.2. The van der Waals surface area contributed by atoms with Gasteiger partial charge < -0.3 is 4.90 Å². The highest BCUT2D eigenvalue weighted by atomic mass is 35.5. The third-order valence-electron chi connectivity index (χ3n) is 5.29. The van der Waals surface area contributed by atoms with Gasteiger partial charge in [-0.15, -0.1) is 0 Å². The number of carbonyl (C=O) groups excluding carboxylic acids is 1. The lowest BCUT2D eigenvalue weighted by molar-refractivity contribution is -0.133. The summed E-state index contributed by atoms with van der Waals surface area (Å²) in [6.07, 6.45) is 7.25. The van der Waals surface area contributed by atoms with Gasteiger partial charge in [0.2, 0.25) is 5.91 Å². The molecule has 1 aliphatic carbocycles. The normalized spacial score (nSPS) is 20.1. The molecular formula is C19H27ClN2O. The van der Waals surface area contributed by atoms with Crippen LogP contribution in [0.2, 0.25) is 5.02 Å². The zero-order chi connectivity index (χ0) is 16.1. The standard InChI is InChI=1S/C19H27ClN2O/c20-18-8-5-17(6-9-18)15-21-11-13-22(14-12-21)19(23)10-7-16-3-1-2-4-16/h5-6,8-9,16H,1-4,7,10-15H2. The van der Waals surface area contributed by atoms with Crippen molar-refractivity contribution in [3.05, 3.63) is 34.9 Å². The molecule has 3 nitrogen and oxygen atoms in total. The van der Waals surface area contributed by atoms with Gasteiger partial charge in [-0.2, -0.15) is 0 Å². The number of rotatable bonds is 5. The highest BCUT2D eigenvalue weighted by Crippen LogP contribution is 2.28. The monoisotopic (exact) mass is 334 g/mol. The van der Waals surface area contributed by atoms with Crippen molar-refractivity contribution in [3.63, 3.8) is 0 Å². The van der Waals surface area contributed by atoms with Gasteiger partial charge in [-0.3, -0.25) is 9.69 Å². The molecule has 3 rings (SSSR count). The molecule has 1 aromatic rings. The van der Waals surface area contributed by atoms with Crippen LogP contribution in [0, 0.1) is 5.92 Å². The third kappa shape index (κ3) is 4.95. The third-order valence-corrected chi connectivity index (χ3v) is 5.54. The van der Waals surface area contributed by atoms with Crippen molar-refractivity contribution >= 4 is 17.5 Å². The molecule has 0 spiro atoms. The van der Waals surface area contributed by atoms with Crippen molar-refractivity contribution in [3.8, 4) is 0 Å². The summed E-state index contributed by atoms with van der Waals surface area (Å²) in [5.74, 6) is 1.17. The number of nitrogens with zero attached hydrogens (tertiary/aromatic N) is 2. The summed E-state index contributed by atoms with van der Waals surface area (Å²) in [7, 11) is 0. The number of piperazine rings is 1. The van der Waals surface area contributed by atoms with Crippen LogP contribution < -0.4 is 0 Å². The Kier molecular flexibility index (Phi) is 5.96. The minimum atomic E-state index is 0.364. The van der Waals surface area contributed by atoms with Gasteiger partial charge in [-0.25, -0.2) is 0 Å². The average molecular weight is 335 g/mol. The van der Waals surface area contributed by atoms with Crippen molar-refractivity contribution in [2.75, 3.05) is 26.2 Å². The van der Waals surface area contributed by atoms with Gasteiger partial charge in [0.1, 0.15) is 0 Å². The van der Waals surface area contributed by atoms with Crippen LogP contribution in [0.15, 0.2) is 24.3 Å². The molecule has 0 N–H and O–H groups in total. The first-order valence-corrected chi connectivity index (χ1v) is 9.33. The van der Waals surface area contributed by atoms with E-state index in [1.54, 1.807) is 0 Å². The quantitative estimate of drug-likeness (QED) is 0.814. The molecule has 1 saturated heterocycles. The van der Waals surface area contributed by atoms with E-state index < -0.39 is 0 Å². The Labute approximate surface area is 144 Å². The Balaban J connectivity index is 1.39. The minimum Gasteiger partial charge on any atom is -0.340 e. The van der Waals surface area contributed by atoms with E-state index in [-0.39, 0.29) is 0 Å². The molecule has 1 aromatic carbocycles. The summed E-state index contributed by atoms with van der Waals surface area (Å²) in [6.45, 7) is 4.63. The van der Waals surface area contributed by atoms with Crippen LogP contribution in [0.4, 0.5) is 0 Å². The van der Waals surface area contributed by atoms with E-state index in [2.05, 4.69) is 21.9 Å². The van der Waals surface area contributed by atoms with E-state index in [0.29, 0.717) is 5.91 Å². The predicted molar refractivity (Wildman–Crippen MR) is 94.5 cm³/mol. The Morgan fingerprint density at radius 2 is 1.70 bits per heavy atom. The van der Waals surface area contributed by atoms with E-state index in [9.17, 15) is 4.79 Å². The maximum atomic E-state index is 12.4. The van der Waals surface area contributed by atoms with Crippen LogP contribution in [0.25, 0.3) is 0 Å². The lowest BCUT2D eigenvalue weighted by Gasteiger charge is -2.35. The molecule has 2 aliphatic rings. The van der Waals surface area contributed by atoms with E-state index in [1.165, 1.54) is 31.2 Å². The van der Waals surface area contributed by atoms with Crippen LogP contribution in [0.3, 0.4) is 0 Å². The molecule has 1 amide bonds. The molecule has 0 bridgehead atoms. The molecule has 1 saturated carbocycles. The summed E-state index contributed by atoms with van der Waals surface area (Å²) in [6, 6.07) is 8.06. The van der Waals surface area contributed by atoms with E-state index >= 15 is 0 Å². The molecule has 0 aromatic heterocycles. The highest BCUT2D eigenvalue weighted by Gasteiger charge is 2.22. The first-order valence-electron chi connectivity index (χ1n) is 8.95. The summed E-state index contributed by atoms with van der Waals surface area (Å²) >= 11 is 5.93. The molecule has 0 radical (unpaired) electrons. The largest absolute Gasteiger partial charge is 0.340 e. The van der Waals surface area contributed by atoms with Crippen molar-refractivity contribution in [1.29, 1.82) is 0 Å². The number of hydrogen-bond donors (Lipinski definition) is 0. The molecule has 2 fully saturated rings. The van der Waals surface area contributed by atoms with Crippen LogP contribution in [-0.2, 0) is 11.3 Å². The van der Waals surface area contributed by atoms with Gasteiger partial charge in [0.25, 0.3) is 0 Å². The highest BCUT2D eigenvalue weighted by molar-refractivity contribution is 6.30. The number of carbonyl (C=O) groups is 1. The van der Waals surface area contributed by atoms with Gasteiger partial charge in [0, 0.05) is 44.2 Å². The van der Waals surface area contributed by atoms with E-state index in [4.69, 9.17) is 11.6 Å². The molecule has 1 aliphatic heterocycles. The Morgan fingerprint density at radius 1 is 1.04 bits per heavy atom. The van der Waals surface area contributed by atoms with Crippen LogP contribution in [-0.4, -0.2) is 41.9 Å². The van der Waals surface area contributed by atoms with Gasteiger partial charge >= 0.3 is 0 Å². The first kappa shape index (κ1) is 16.8. The van der Waals surface area contributed by atoms with Gasteiger partial charge in [0.05, 0.1) is 0 Å². The van der Waals surface area contributed by atoms with Crippen LogP contribution >= 0.6 is 11.6 Å². The maximum Gasteiger partial charge on any atom is 0.222 e. The van der Waals surface area contributed by atoms with Crippen LogP contribution in [0.5, 0.6) is 0 Å².